The van der Waals surface area contributed by atoms with Crippen molar-refractivity contribution in [2.24, 2.45) is 5.92 Å². The van der Waals surface area contributed by atoms with Crippen molar-refractivity contribution in [3.63, 3.8) is 0 Å². The summed E-state index contributed by atoms with van der Waals surface area (Å²) in [5, 5.41) is 3.09. The molecule has 47 heavy (non-hydrogen) atoms. The molecule has 0 radical (unpaired) electrons. The largest absolute Gasteiger partial charge is 0.404 e. The SMILES string of the molecule is Cc1cccc(F)c1C(=O)N1CCCC(C(=O)Nc2cccc(C(C)(C)C)c2)C1c1ccc(CCCN2CCC[C@@H]2C(F)(F)F)cc1. The van der Waals surface area contributed by atoms with Crippen LogP contribution in [0.5, 0.6) is 0 Å². The highest BCUT2D eigenvalue weighted by Gasteiger charge is 2.45. The lowest BCUT2D eigenvalue weighted by molar-refractivity contribution is -0.175. The molecule has 2 unspecified atom stereocenters. The van der Waals surface area contributed by atoms with E-state index in [-0.39, 0.29) is 23.3 Å². The zero-order valence-electron chi connectivity index (χ0n) is 27.7. The van der Waals surface area contributed by atoms with Crippen LogP contribution in [0.15, 0.2) is 66.7 Å². The zero-order chi connectivity index (χ0) is 33.9. The predicted molar refractivity (Wildman–Crippen MR) is 177 cm³/mol. The van der Waals surface area contributed by atoms with Gasteiger partial charge in [0.05, 0.1) is 17.5 Å². The number of halogens is 4. The Kier molecular flexibility index (Phi) is 10.4. The summed E-state index contributed by atoms with van der Waals surface area (Å²) in [6, 6.07) is 18.0. The summed E-state index contributed by atoms with van der Waals surface area (Å²) < 4.78 is 55.2. The average Bonchev–Trinajstić information content (AvgIpc) is 3.50. The Labute approximate surface area is 275 Å². The van der Waals surface area contributed by atoms with E-state index in [1.165, 1.54) is 11.0 Å². The van der Waals surface area contributed by atoms with Crippen molar-refractivity contribution in [2.75, 3.05) is 25.0 Å². The fraction of sp³-hybridized carbons (Fsp3) is 0.474. The summed E-state index contributed by atoms with van der Waals surface area (Å²) in [5.41, 5.74) is 3.91. The summed E-state index contributed by atoms with van der Waals surface area (Å²) in [7, 11) is 0. The third-order valence-corrected chi connectivity index (χ3v) is 9.63. The van der Waals surface area contributed by atoms with Crippen molar-refractivity contribution in [2.45, 2.75) is 89.9 Å². The van der Waals surface area contributed by atoms with Gasteiger partial charge in [-0.3, -0.25) is 14.5 Å². The van der Waals surface area contributed by atoms with Crippen molar-refractivity contribution in [1.82, 2.24) is 9.80 Å². The fourth-order valence-electron chi connectivity index (χ4n) is 7.09. The summed E-state index contributed by atoms with van der Waals surface area (Å²) in [6.45, 7) is 9.23. The number of nitrogens with one attached hydrogen (secondary N) is 1. The summed E-state index contributed by atoms with van der Waals surface area (Å²) >= 11 is 0. The molecule has 2 fully saturated rings. The monoisotopic (exact) mass is 651 g/mol. The molecule has 2 amide bonds. The second-order valence-electron chi connectivity index (χ2n) is 14.0. The molecule has 252 valence electrons. The van der Waals surface area contributed by atoms with E-state index < -0.39 is 35.9 Å². The normalized spacial score (nSPS) is 20.8. The van der Waals surface area contributed by atoms with Crippen LogP contribution in [0.4, 0.5) is 23.2 Å². The number of rotatable bonds is 8. The number of likely N-dealkylation sites (tertiary alicyclic amines) is 2. The first-order valence-electron chi connectivity index (χ1n) is 16.6. The number of alkyl halides is 3. The first kappa shape index (κ1) is 34.6. The highest BCUT2D eigenvalue weighted by molar-refractivity contribution is 5.98. The molecule has 9 heteroatoms. The van der Waals surface area contributed by atoms with Gasteiger partial charge in [-0.25, -0.2) is 4.39 Å². The summed E-state index contributed by atoms with van der Waals surface area (Å²) in [6.07, 6.45) is -1.17. The van der Waals surface area contributed by atoms with Crippen LogP contribution < -0.4 is 5.32 Å². The highest BCUT2D eigenvalue weighted by Crippen LogP contribution is 2.39. The molecular weight excluding hydrogens is 606 g/mol. The van der Waals surface area contributed by atoms with Gasteiger partial charge in [-0.1, -0.05) is 69.3 Å². The van der Waals surface area contributed by atoms with Crippen molar-refractivity contribution in [3.8, 4) is 0 Å². The summed E-state index contributed by atoms with van der Waals surface area (Å²) in [4.78, 5) is 31.1. The van der Waals surface area contributed by atoms with Crippen LogP contribution in [-0.4, -0.2) is 53.5 Å². The van der Waals surface area contributed by atoms with E-state index in [4.69, 9.17) is 0 Å². The Hall–Kier alpha value is -3.72. The average molecular weight is 652 g/mol. The van der Waals surface area contributed by atoms with Crippen LogP contribution in [0.25, 0.3) is 0 Å². The standard InChI is InChI=1S/C38H45F4N3O2/c1-25-10-5-15-31(39)33(25)36(47)45-23-8-14-30(35(46)43-29-13-6-12-28(24-29)37(2,3)4)34(45)27-19-17-26(18-20-27)11-7-21-44-22-9-16-32(44)38(40,41)42/h5-6,10,12-13,15,17-20,24,30,32,34H,7-9,11,14,16,21-23H2,1-4H3,(H,43,46)/t30?,32-,34?/m1/s1. The Morgan fingerprint density at radius 2 is 1.62 bits per heavy atom. The number of hydrogen-bond acceptors (Lipinski definition) is 3. The van der Waals surface area contributed by atoms with Gasteiger partial charge in [-0.2, -0.15) is 13.2 Å². The van der Waals surface area contributed by atoms with Crippen LogP contribution in [0.3, 0.4) is 0 Å². The second-order valence-corrected chi connectivity index (χ2v) is 14.0. The molecule has 3 atom stereocenters. The molecule has 5 rings (SSSR count). The lowest BCUT2D eigenvalue weighted by Gasteiger charge is -2.41. The number of carbonyl (C=O) groups excluding carboxylic acids is 2. The van der Waals surface area contributed by atoms with Crippen molar-refractivity contribution in [1.29, 1.82) is 0 Å². The highest BCUT2D eigenvalue weighted by atomic mass is 19.4. The Morgan fingerprint density at radius 3 is 2.30 bits per heavy atom. The maximum atomic E-state index is 15.0. The molecule has 0 aliphatic carbocycles. The Bertz CT molecular complexity index is 1540. The topological polar surface area (TPSA) is 52.7 Å². The number of aryl methyl sites for hydroxylation is 2. The molecule has 3 aromatic carbocycles. The van der Waals surface area contributed by atoms with Gasteiger partial charge >= 0.3 is 6.18 Å². The minimum absolute atomic E-state index is 0.00660. The smallest absolute Gasteiger partial charge is 0.331 e. The maximum absolute atomic E-state index is 15.0. The van der Waals surface area contributed by atoms with Gasteiger partial charge in [-0.05, 0) is 104 Å². The number of piperidine rings is 1. The van der Waals surface area contributed by atoms with Gasteiger partial charge in [0.1, 0.15) is 11.9 Å². The molecule has 3 aromatic rings. The van der Waals surface area contributed by atoms with E-state index in [0.29, 0.717) is 63.0 Å². The molecule has 0 bridgehead atoms. The Morgan fingerprint density at radius 1 is 0.915 bits per heavy atom. The predicted octanol–water partition coefficient (Wildman–Crippen LogP) is 8.62. The van der Waals surface area contributed by atoms with E-state index >= 15 is 4.39 Å². The molecule has 0 spiro atoms. The fourth-order valence-corrected chi connectivity index (χ4v) is 7.09. The number of amides is 2. The molecule has 1 N–H and O–H groups in total. The van der Waals surface area contributed by atoms with Gasteiger partial charge in [0.15, 0.2) is 0 Å². The lowest BCUT2D eigenvalue weighted by Crippen LogP contribution is -2.46. The first-order chi connectivity index (χ1) is 22.2. The number of nitrogens with zero attached hydrogens (tertiary/aromatic N) is 2. The number of carbonyl (C=O) groups is 2. The van der Waals surface area contributed by atoms with Crippen LogP contribution >= 0.6 is 0 Å². The number of benzene rings is 3. The van der Waals surface area contributed by atoms with Crippen molar-refractivity contribution < 1.29 is 27.2 Å². The maximum Gasteiger partial charge on any atom is 0.404 e. The van der Waals surface area contributed by atoms with E-state index in [0.717, 1.165) is 16.7 Å². The van der Waals surface area contributed by atoms with Crippen LogP contribution in [0.2, 0.25) is 0 Å². The molecule has 0 aromatic heterocycles. The molecular formula is C38H45F4N3O2. The molecule has 2 heterocycles. The van der Waals surface area contributed by atoms with E-state index in [2.05, 4.69) is 26.1 Å². The van der Waals surface area contributed by atoms with Crippen LogP contribution in [-0.2, 0) is 16.6 Å². The molecule has 0 saturated carbocycles. The molecule has 2 saturated heterocycles. The van der Waals surface area contributed by atoms with Gasteiger partial charge in [0, 0.05) is 12.2 Å². The molecule has 2 aliphatic heterocycles. The van der Waals surface area contributed by atoms with E-state index in [1.54, 1.807) is 24.0 Å². The number of anilines is 1. The minimum atomic E-state index is -4.21. The first-order valence-corrected chi connectivity index (χ1v) is 16.6. The Balaban J connectivity index is 1.39. The third kappa shape index (κ3) is 8.06. The van der Waals surface area contributed by atoms with Gasteiger partial charge < -0.3 is 10.2 Å². The van der Waals surface area contributed by atoms with E-state index in [1.807, 2.05) is 48.5 Å². The second kappa shape index (κ2) is 14.2. The van der Waals surface area contributed by atoms with Gasteiger partial charge in [0.2, 0.25) is 5.91 Å². The molecule has 5 nitrogen and oxygen atoms in total. The minimum Gasteiger partial charge on any atom is -0.331 e. The van der Waals surface area contributed by atoms with Crippen molar-refractivity contribution in [3.05, 3.63) is 100 Å². The lowest BCUT2D eigenvalue weighted by atomic mass is 9.82. The summed E-state index contributed by atoms with van der Waals surface area (Å²) in [5.74, 6) is -1.84. The van der Waals surface area contributed by atoms with Crippen LogP contribution in [0, 0.1) is 18.7 Å². The quantitative estimate of drug-likeness (QED) is 0.248. The van der Waals surface area contributed by atoms with Gasteiger partial charge in [0.25, 0.3) is 5.91 Å². The van der Waals surface area contributed by atoms with Crippen LogP contribution in [0.1, 0.15) is 91.5 Å². The van der Waals surface area contributed by atoms with Crippen molar-refractivity contribution >= 4 is 17.5 Å². The van der Waals surface area contributed by atoms with E-state index in [9.17, 15) is 22.8 Å². The number of hydrogen-bond donors (Lipinski definition) is 1. The zero-order valence-corrected chi connectivity index (χ0v) is 27.7. The van der Waals surface area contributed by atoms with Gasteiger partial charge in [-0.15, -0.1) is 0 Å². The molecule has 2 aliphatic rings. The third-order valence-electron chi connectivity index (χ3n) is 9.63.